The molecule has 2 aromatic rings. The Morgan fingerprint density at radius 1 is 1.41 bits per heavy atom. The van der Waals surface area contributed by atoms with Crippen molar-refractivity contribution in [2.45, 2.75) is 32.1 Å². The summed E-state index contributed by atoms with van der Waals surface area (Å²) in [5.41, 5.74) is 3.31. The van der Waals surface area contributed by atoms with E-state index >= 15 is 0 Å². The van der Waals surface area contributed by atoms with Crippen molar-refractivity contribution < 1.29 is 9.59 Å². The van der Waals surface area contributed by atoms with Gasteiger partial charge in [0, 0.05) is 36.6 Å². The fourth-order valence-electron chi connectivity index (χ4n) is 3.21. The van der Waals surface area contributed by atoms with Crippen molar-refractivity contribution in [1.82, 2.24) is 15.6 Å². The summed E-state index contributed by atoms with van der Waals surface area (Å²) in [6.07, 6.45) is 3.74. The summed E-state index contributed by atoms with van der Waals surface area (Å²) in [4.78, 5) is 27.5. The predicted octanol–water partition coefficient (Wildman–Crippen LogP) is 1.84. The zero-order valence-corrected chi connectivity index (χ0v) is 12.7. The van der Waals surface area contributed by atoms with Crippen molar-refractivity contribution in [1.29, 1.82) is 0 Å². The third-order valence-electron chi connectivity index (χ3n) is 4.24. The minimum absolute atomic E-state index is 0.00109. The van der Waals surface area contributed by atoms with Crippen LogP contribution in [-0.2, 0) is 16.0 Å². The standard InChI is InChI=1S/C17H21N3O2/c1-2-18-15(21)7-6-13-12-4-3-5-14-16(12)11(10-20-14)8-9-19-17(13)22/h3-5,10,13,20H,2,6-9H2,1H3,(H,18,21)(H,19,22). The van der Waals surface area contributed by atoms with E-state index in [0.717, 1.165) is 22.9 Å². The van der Waals surface area contributed by atoms with Gasteiger partial charge in [-0.3, -0.25) is 9.59 Å². The smallest absolute Gasteiger partial charge is 0.227 e. The third-order valence-corrected chi connectivity index (χ3v) is 4.24. The molecule has 1 aromatic carbocycles. The Morgan fingerprint density at radius 3 is 3.09 bits per heavy atom. The highest BCUT2D eigenvalue weighted by molar-refractivity contribution is 5.94. The Morgan fingerprint density at radius 2 is 2.27 bits per heavy atom. The van der Waals surface area contributed by atoms with Gasteiger partial charge in [0.1, 0.15) is 0 Å². The van der Waals surface area contributed by atoms with E-state index in [4.69, 9.17) is 0 Å². The maximum atomic E-state index is 12.5. The molecule has 2 amide bonds. The van der Waals surface area contributed by atoms with E-state index in [9.17, 15) is 9.59 Å². The van der Waals surface area contributed by atoms with Crippen molar-refractivity contribution in [3.63, 3.8) is 0 Å². The van der Waals surface area contributed by atoms with Crippen LogP contribution in [0, 0.1) is 0 Å². The summed E-state index contributed by atoms with van der Waals surface area (Å²) < 4.78 is 0. The van der Waals surface area contributed by atoms with E-state index in [-0.39, 0.29) is 17.7 Å². The van der Waals surface area contributed by atoms with Gasteiger partial charge in [-0.05, 0) is 37.0 Å². The van der Waals surface area contributed by atoms with Crippen LogP contribution in [-0.4, -0.2) is 29.9 Å². The van der Waals surface area contributed by atoms with Gasteiger partial charge in [0.15, 0.2) is 0 Å². The minimum atomic E-state index is -0.277. The van der Waals surface area contributed by atoms with Gasteiger partial charge in [-0.15, -0.1) is 0 Å². The maximum Gasteiger partial charge on any atom is 0.227 e. The molecule has 0 bridgehead atoms. The normalized spacial score (nSPS) is 17.7. The first-order valence-electron chi connectivity index (χ1n) is 7.84. The van der Waals surface area contributed by atoms with Crippen molar-refractivity contribution in [2.75, 3.05) is 13.1 Å². The van der Waals surface area contributed by atoms with Gasteiger partial charge in [0.05, 0.1) is 5.92 Å². The molecule has 5 nitrogen and oxygen atoms in total. The summed E-state index contributed by atoms with van der Waals surface area (Å²) in [5.74, 6) is -0.261. The molecule has 5 heteroatoms. The highest BCUT2D eigenvalue weighted by Crippen LogP contribution is 2.32. The number of aromatic amines is 1. The molecule has 0 spiro atoms. The highest BCUT2D eigenvalue weighted by Gasteiger charge is 2.26. The fraction of sp³-hybridized carbons (Fsp3) is 0.412. The molecule has 1 aliphatic rings. The van der Waals surface area contributed by atoms with Gasteiger partial charge in [0.25, 0.3) is 0 Å². The number of hydrogen-bond acceptors (Lipinski definition) is 2. The van der Waals surface area contributed by atoms with E-state index in [1.54, 1.807) is 0 Å². The molecule has 1 unspecified atom stereocenters. The molecule has 3 rings (SSSR count). The van der Waals surface area contributed by atoms with E-state index in [2.05, 4.69) is 15.6 Å². The average Bonchev–Trinajstić information content (AvgIpc) is 2.90. The molecule has 0 saturated carbocycles. The lowest BCUT2D eigenvalue weighted by Crippen LogP contribution is -2.33. The molecular formula is C17H21N3O2. The molecule has 1 aliphatic heterocycles. The van der Waals surface area contributed by atoms with Crippen LogP contribution in [0.5, 0.6) is 0 Å². The molecule has 0 fully saturated rings. The zero-order chi connectivity index (χ0) is 15.5. The quantitative estimate of drug-likeness (QED) is 0.806. The zero-order valence-electron chi connectivity index (χ0n) is 12.7. The first-order valence-corrected chi connectivity index (χ1v) is 7.84. The molecule has 3 N–H and O–H groups in total. The predicted molar refractivity (Wildman–Crippen MR) is 85.7 cm³/mol. The van der Waals surface area contributed by atoms with Crippen LogP contribution in [0.25, 0.3) is 10.9 Å². The van der Waals surface area contributed by atoms with E-state index in [0.29, 0.717) is 25.9 Å². The van der Waals surface area contributed by atoms with Crippen LogP contribution < -0.4 is 10.6 Å². The number of H-pyrrole nitrogens is 1. The molecule has 0 radical (unpaired) electrons. The number of benzene rings is 1. The van der Waals surface area contributed by atoms with Crippen LogP contribution >= 0.6 is 0 Å². The number of aromatic nitrogens is 1. The van der Waals surface area contributed by atoms with Crippen molar-refractivity contribution in [3.8, 4) is 0 Å². The van der Waals surface area contributed by atoms with E-state index in [1.165, 1.54) is 5.56 Å². The minimum Gasteiger partial charge on any atom is -0.361 e. The van der Waals surface area contributed by atoms with Crippen LogP contribution in [0.1, 0.15) is 36.8 Å². The lowest BCUT2D eigenvalue weighted by atomic mass is 9.88. The number of hydrogen-bond donors (Lipinski definition) is 3. The monoisotopic (exact) mass is 299 g/mol. The number of rotatable bonds is 4. The van der Waals surface area contributed by atoms with Gasteiger partial charge in [-0.2, -0.15) is 0 Å². The lowest BCUT2D eigenvalue weighted by molar-refractivity contribution is -0.123. The molecule has 0 saturated heterocycles. The SMILES string of the molecule is CCNC(=O)CCC1C(=O)NCCc2c[nH]c3cccc1c23. The van der Waals surface area contributed by atoms with Crippen LogP contribution in [0.3, 0.4) is 0 Å². The van der Waals surface area contributed by atoms with Gasteiger partial charge >= 0.3 is 0 Å². The first kappa shape index (κ1) is 14.6. The Labute approximate surface area is 129 Å². The summed E-state index contributed by atoms with van der Waals surface area (Å²) >= 11 is 0. The molecule has 1 atom stereocenters. The topological polar surface area (TPSA) is 74.0 Å². The number of amides is 2. The first-order chi connectivity index (χ1) is 10.7. The molecule has 2 heterocycles. The van der Waals surface area contributed by atoms with Crippen molar-refractivity contribution >= 4 is 22.7 Å². The van der Waals surface area contributed by atoms with Gasteiger partial charge in [-0.1, -0.05) is 12.1 Å². The largest absolute Gasteiger partial charge is 0.361 e. The van der Waals surface area contributed by atoms with E-state index < -0.39 is 0 Å². The van der Waals surface area contributed by atoms with Gasteiger partial charge < -0.3 is 15.6 Å². The Kier molecular flexibility index (Phi) is 4.13. The van der Waals surface area contributed by atoms with Gasteiger partial charge in [0.2, 0.25) is 11.8 Å². The number of carbonyl (C=O) groups excluding carboxylic acids is 2. The molecule has 22 heavy (non-hydrogen) atoms. The Balaban J connectivity index is 1.95. The molecule has 1 aromatic heterocycles. The second-order valence-corrected chi connectivity index (χ2v) is 5.67. The third kappa shape index (κ3) is 2.71. The van der Waals surface area contributed by atoms with E-state index in [1.807, 2.05) is 31.3 Å². The number of carbonyl (C=O) groups is 2. The van der Waals surface area contributed by atoms with Crippen LogP contribution in [0.4, 0.5) is 0 Å². The fourth-order valence-corrected chi connectivity index (χ4v) is 3.21. The highest BCUT2D eigenvalue weighted by atomic mass is 16.2. The summed E-state index contributed by atoms with van der Waals surface area (Å²) in [5, 5.41) is 6.92. The molecule has 116 valence electrons. The summed E-state index contributed by atoms with van der Waals surface area (Å²) in [6.45, 7) is 3.15. The maximum absolute atomic E-state index is 12.5. The van der Waals surface area contributed by atoms with Crippen molar-refractivity contribution in [3.05, 3.63) is 35.5 Å². The number of nitrogens with one attached hydrogen (secondary N) is 3. The molecular weight excluding hydrogens is 278 g/mol. The lowest BCUT2D eigenvalue weighted by Gasteiger charge is -2.21. The van der Waals surface area contributed by atoms with Gasteiger partial charge in [-0.25, -0.2) is 0 Å². The molecule has 0 aliphatic carbocycles. The van der Waals surface area contributed by atoms with Crippen LogP contribution in [0.2, 0.25) is 0 Å². The van der Waals surface area contributed by atoms with Crippen molar-refractivity contribution in [2.24, 2.45) is 0 Å². The van der Waals surface area contributed by atoms with Crippen LogP contribution in [0.15, 0.2) is 24.4 Å². The Bertz CT molecular complexity index is 705. The second-order valence-electron chi connectivity index (χ2n) is 5.67. The summed E-state index contributed by atoms with van der Waals surface area (Å²) in [7, 11) is 0. The average molecular weight is 299 g/mol. The second kappa shape index (κ2) is 6.22. The summed E-state index contributed by atoms with van der Waals surface area (Å²) in [6, 6.07) is 6.00. The Hall–Kier alpha value is -2.30.